The Balaban J connectivity index is 2.54. The monoisotopic (exact) mass is 436 g/mol. The fraction of sp³-hybridized carbons (Fsp3) is 0.609. The second kappa shape index (κ2) is 13.5. The van der Waals surface area contributed by atoms with E-state index >= 15 is 0 Å². The SMILES string of the molecule is COC(=O)CCCCCc1cccc(OC[C@H](CCC(N)=O)NC(=O)OC(C)(C)C)c1. The first kappa shape index (κ1) is 26.3. The van der Waals surface area contributed by atoms with Gasteiger partial charge in [-0.15, -0.1) is 0 Å². The lowest BCUT2D eigenvalue weighted by atomic mass is 10.1. The molecule has 1 rings (SSSR count). The highest BCUT2D eigenvalue weighted by Crippen LogP contribution is 2.17. The van der Waals surface area contributed by atoms with Gasteiger partial charge in [0.25, 0.3) is 0 Å². The number of methoxy groups -OCH3 is 1. The summed E-state index contributed by atoms with van der Waals surface area (Å²) in [4.78, 5) is 34.4. The summed E-state index contributed by atoms with van der Waals surface area (Å²) in [6.07, 6.45) is 3.95. The molecule has 1 aromatic rings. The zero-order chi connectivity index (χ0) is 23.3. The Morgan fingerprint density at radius 2 is 1.84 bits per heavy atom. The molecule has 8 nitrogen and oxygen atoms in total. The van der Waals surface area contributed by atoms with Gasteiger partial charge in [-0.2, -0.15) is 0 Å². The number of carbonyl (C=O) groups excluding carboxylic acids is 3. The minimum Gasteiger partial charge on any atom is -0.491 e. The molecular weight excluding hydrogens is 400 g/mol. The van der Waals surface area contributed by atoms with E-state index in [9.17, 15) is 14.4 Å². The summed E-state index contributed by atoms with van der Waals surface area (Å²) in [7, 11) is 1.40. The van der Waals surface area contributed by atoms with Crippen LogP contribution in [-0.4, -0.2) is 43.3 Å². The Bertz CT molecular complexity index is 714. The molecule has 0 bridgehead atoms. The lowest BCUT2D eigenvalue weighted by Crippen LogP contribution is -2.42. The molecule has 31 heavy (non-hydrogen) atoms. The van der Waals surface area contributed by atoms with Gasteiger partial charge in [0.15, 0.2) is 0 Å². The highest BCUT2D eigenvalue weighted by molar-refractivity contribution is 5.74. The fourth-order valence-corrected chi connectivity index (χ4v) is 2.85. The van der Waals surface area contributed by atoms with Crippen LogP contribution in [0.25, 0.3) is 0 Å². The lowest BCUT2D eigenvalue weighted by Gasteiger charge is -2.23. The van der Waals surface area contributed by atoms with Crippen LogP contribution in [0.15, 0.2) is 24.3 Å². The molecule has 1 aromatic carbocycles. The molecule has 0 saturated carbocycles. The molecule has 0 fully saturated rings. The van der Waals surface area contributed by atoms with Crippen LogP contribution in [0.4, 0.5) is 4.79 Å². The molecule has 2 amide bonds. The van der Waals surface area contributed by atoms with Gasteiger partial charge in [-0.3, -0.25) is 9.59 Å². The number of benzene rings is 1. The van der Waals surface area contributed by atoms with E-state index in [2.05, 4.69) is 10.1 Å². The molecule has 0 aromatic heterocycles. The van der Waals surface area contributed by atoms with Crippen LogP contribution in [0, 0.1) is 0 Å². The average molecular weight is 437 g/mol. The number of esters is 1. The molecule has 0 radical (unpaired) electrons. The smallest absolute Gasteiger partial charge is 0.407 e. The number of hydrogen-bond donors (Lipinski definition) is 2. The first-order valence-corrected chi connectivity index (χ1v) is 10.7. The van der Waals surface area contributed by atoms with E-state index in [-0.39, 0.29) is 19.0 Å². The quantitative estimate of drug-likeness (QED) is 0.361. The minimum atomic E-state index is -0.621. The Kier molecular flexibility index (Phi) is 11.5. The van der Waals surface area contributed by atoms with Gasteiger partial charge in [0.2, 0.25) is 5.91 Å². The average Bonchev–Trinajstić information content (AvgIpc) is 2.68. The topological polar surface area (TPSA) is 117 Å². The standard InChI is InChI=1S/C23H36N2O6/c1-23(2,3)31-22(28)25-18(13-14-20(24)26)16-30-19-11-8-10-17(15-19)9-6-5-7-12-21(27)29-4/h8,10-11,15,18H,5-7,9,12-14,16H2,1-4H3,(H2,24,26)(H,25,28)/t18-/m0/s1. The van der Waals surface area contributed by atoms with Gasteiger partial charge in [0.1, 0.15) is 18.0 Å². The van der Waals surface area contributed by atoms with Gasteiger partial charge >= 0.3 is 12.1 Å². The molecule has 174 valence electrons. The van der Waals surface area contributed by atoms with Gasteiger partial charge in [0.05, 0.1) is 13.2 Å². The van der Waals surface area contributed by atoms with Crippen molar-refractivity contribution in [1.82, 2.24) is 5.32 Å². The van der Waals surface area contributed by atoms with Gasteiger partial charge < -0.3 is 25.3 Å². The van der Waals surface area contributed by atoms with Gasteiger partial charge in [-0.25, -0.2) is 4.79 Å². The van der Waals surface area contributed by atoms with Crippen molar-refractivity contribution in [2.24, 2.45) is 5.73 Å². The van der Waals surface area contributed by atoms with Crippen molar-refractivity contribution < 1.29 is 28.6 Å². The molecule has 0 aliphatic rings. The van der Waals surface area contributed by atoms with Crippen LogP contribution in [-0.2, 0) is 25.5 Å². The maximum absolute atomic E-state index is 12.1. The third kappa shape index (κ3) is 13.2. The first-order chi connectivity index (χ1) is 14.6. The molecule has 8 heteroatoms. The van der Waals surface area contributed by atoms with Crippen LogP contribution in [0.3, 0.4) is 0 Å². The molecule has 0 saturated heterocycles. The summed E-state index contributed by atoms with van der Waals surface area (Å²) >= 11 is 0. The van der Waals surface area contributed by atoms with Gasteiger partial charge in [0, 0.05) is 12.8 Å². The summed E-state index contributed by atoms with van der Waals surface area (Å²) in [5, 5.41) is 2.74. The predicted molar refractivity (Wildman–Crippen MR) is 118 cm³/mol. The number of rotatable bonds is 13. The number of amides is 2. The molecule has 0 aliphatic heterocycles. The van der Waals surface area contributed by atoms with E-state index in [0.717, 1.165) is 31.2 Å². The van der Waals surface area contributed by atoms with Gasteiger partial charge in [-0.05, 0) is 64.2 Å². The number of ether oxygens (including phenoxy) is 3. The summed E-state index contributed by atoms with van der Waals surface area (Å²) in [5.41, 5.74) is 5.75. The Labute approximate surface area is 184 Å². The highest BCUT2D eigenvalue weighted by Gasteiger charge is 2.20. The van der Waals surface area contributed by atoms with Crippen LogP contribution < -0.4 is 15.8 Å². The van der Waals surface area contributed by atoms with Gasteiger partial charge in [-0.1, -0.05) is 18.6 Å². The fourth-order valence-electron chi connectivity index (χ4n) is 2.85. The molecule has 0 spiro atoms. The molecule has 3 N–H and O–H groups in total. The Hall–Kier alpha value is -2.77. The maximum atomic E-state index is 12.1. The highest BCUT2D eigenvalue weighted by atomic mass is 16.6. The first-order valence-electron chi connectivity index (χ1n) is 10.7. The summed E-state index contributed by atoms with van der Waals surface area (Å²) in [6, 6.07) is 7.33. The minimum absolute atomic E-state index is 0.134. The van der Waals surface area contributed by atoms with E-state index in [1.807, 2.05) is 24.3 Å². The third-order valence-electron chi connectivity index (χ3n) is 4.38. The van der Waals surface area contributed by atoms with Crippen molar-refractivity contribution in [1.29, 1.82) is 0 Å². The number of carbonyl (C=O) groups is 3. The molecule has 1 atom stereocenters. The van der Waals surface area contributed by atoms with E-state index < -0.39 is 23.6 Å². The number of nitrogens with two attached hydrogens (primary N) is 1. The molecular formula is C23H36N2O6. The van der Waals surface area contributed by atoms with Crippen LogP contribution >= 0.6 is 0 Å². The van der Waals surface area contributed by atoms with E-state index in [1.165, 1.54) is 7.11 Å². The predicted octanol–water partition coefficient (Wildman–Crippen LogP) is 3.50. The Morgan fingerprint density at radius 3 is 2.48 bits per heavy atom. The largest absolute Gasteiger partial charge is 0.491 e. The molecule has 0 aliphatic carbocycles. The van der Waals surface area contributed by atoms with Crippen molar-refractivity contribution in [3.63, 3.8) is 0 Å². The third-order valence-corrected chi connectivity index (χ3v) is 4.38. The molecule has 0 unspecified atom stereocenters. The molecule has 0 heterocycles. The number of primary amides is 1. The van der Waals surface area contributed by atoms with Crippen LogP contribution in [0.2, 0.25) is 0 Å². The van der Waals surface area contributed by atoms with E-state index in [1.54, 1.807) is 20.8 Å². The van der Waals surface area contributed by atoms with E-state index in [0.29, 0.717) is 18.6 Å². The summed E-state index contributed by atoms with van der Waals surface area (Å²) < 4.78 is 15.8. The van der Waals surface area contributed by atoms with Crippen molar-refractivity contribution in [2.45, 2.75) is 77.4 Å². The maximum Gasteiger partial charge on any atom is 0.407 e. The number of nitrogens with one attached hydrogen (secondary N) is 1. The Morgan fingerprint density at radius 1 is 1.10 bits per heavy atom. The van der Waals surface area contributed by atoms with Crippen molar-refractivity contribution in [3.8, 4) is 5.75 Å². The normalized spacial score (nSPS) is 12.0. The van der Waals surface area contributed by atoms with Crippen LogP contribution in [0.5, 0.6) is 5.75 Å². The number of hydrogen-bond acceptors (Lipinski definition) is 6. The second-order valence-electron chi connectivity index (χ2n) is 8.44. The zero-order valence-electron chi connectivity index (χ0n) is 19.1. The number of alkyl carbamates (subject to hydrolysis) is 1. The number of unbranched alkanes of at least 4 members (excludes halogenated alkanes) is 2. The van der Waals surface area contributed by atoms with E-state index in [4.69, 9.17) is 15.2 Å². The van der Waals surface area contributed by atoms with Crippen LogP contribution in [0.1, 0.15) is 64.9 Å². The summed E-state index contributed by atoms with van der Waals surface area (Å²) in [6.45, 7) is 5.53. The lowest BCUT2D eigenvalue weighted by molar-refractivity contribution is -0.140. The van der Waals surface area contributed by atoms with Crippen molar-refractivity contribution in [3.05, 3.63) is 29.8 Å². The number of aryl methyl sites for hydroxylation is 1. The zero-order valence-corrected chi connectivity index (χ0v) is 19.1. The van der Waals surface area contributed by atoms with Crippen molar-refractivity contribution >= 4 is 18.0 Å². The summed E-state index contributed by atoms with van der Waals surface area (Å²) in [5.74, 6) is 0.0635. The van der Waals surface area contributed by atoms with Crippen molar-refractivity contribution in [2.75, 3.05) is 13.7 Å². The second-order valence-corrected chi connectivity index (χ2v) is 8.44.